The molecule has 99 valence electrons. The fourth-order valence-corrected chi connectivity index (χ4v) is 4.75. The molecule has 0 bridgehead atoms. The summed E-state index contributed by atoms with van der Waals surface area (Å²) in [7, 11) is 0. The van der Waals surface area contributed by atoms with E-state index in [-0.39, 0.29) is 0 Å². The van der Waals surface area contributed by atoms with Crippen LogP contribution in [0.25, 0.3) is 10.2 Å². The van der Waals surface area contributed by atoms with E-state index in [4.69, 9.17) is 4.98 Å². The lowest BCUT2D eigenvalue weighted by molar-refractivity contribution is 0.159. The third-order valence-electron chi connectivity index (χ3n) is 4.28. The molecule has 1 aromatic carbocycles. The topological polar surface area (TPSA) is 16.1 Å². The third kappa shape index (κ3) is 2.24. The van der Waals surface area contributed by atoms with Crippen molar-refractivity contribution in [1.29, 1.82) is 0 Å². The van der Waals surface area contributed by atoms with Crippen molar-refractivity contribution in [3.8, 4) is 0 Å². The first-order valence-corrected chi connectivity index (χ1v) is 8.55. The number of nitrogens with zero attached hydrogens (tertiary/aromatic N) is 2. The fourth-order valence-electron chi connectivity index (χ4n) is 3.11. The van der Waals surface area contributed by atoms with Crippen molar-refractivity contribution >= 4 is 37.5 Å². The van der Waals surface area contributed by atoms with Gasteiger partial charge in [-0.15, -0.1) is 11.3 Å². The summed E-state index contributed by atoms with van der Waals surface area (Å²) in [4.78, 5) is 7.36. The predicted molar refractivity (Wildman–Crippen MR) is 83.3 cm³/mol. The van der Waals surface area contributed by atoms with Crippen LogP contribution in [0.2, 0.25) is 0 Å². The zero-order valence-electron chi connectivity index (χ0n) is 10.7. The van der Waals surface area contributed by atoms with Gasteiger partial charge in [0.15, 0.2) is 0 Å². The van der Waals surface area contributed by atoms with E-state index < -0.39 is 0 Å². The van der Waals surface area contributed by atoms with Crippen molar-refractivity contribution in [3.63, 3.8) is 0 Å². The van der Waals surface area contributed by atoms with Crippen LogP contribution in [0, 0.1) is 6.54 Å². The molecule has 0 atom stereocenters. The molecule has 2 aliphatic rings. The van der Waals surface area contributed by atoms with Crippen LogP contribution in [0.1, 0.15) is 36.6 Å². The summed E-state index contributed by atoms with van der Waals surface area (Å²) >= 11 is 5.40. The molecule has 0 spiro atoms. The first kappa shape index (κ1) is 12.3. The van der Waals surface area contributed by atoms with Crippen LogP contribution in [0.3, 0.4) is 0 Å². The number of rotatable bonds is 2. The molecule has 1 aromatic heterocycles. The molecule has 1 saturated heterocycles. The van der Waals surface area contributed by atoms with Gasteiger partial charge in [-0.3, -0.25) is 4.90 Å². The highest BCUT2D eigenvalue weighted by Gasteiger charge is 2.37. The number of hydrogen-bond donors (Lipinski definition) is 0. The highest BCUT2D eigenvalue weighted by atomic mass is 79.9. The molecule has 1 aliphatic carbocycles. The lowest BCUT2D eigenvalue weighted by atomic mass is 9.80. The standard InChI is InChI=1S/C15H16BrN2S/c16-11-3-4-13-14(9-11)19-15(17-13)10-7-12(8-10)18-5-1-2-6-18/h3-5,9-10,12H,1-2,6-8H2. The van der Waals surface area contributed by atoms with Gasteiger partial charge in [-0.05, 0) is 50.4 Å². The van der Waals surface area contributed by atoms with E-state index in [2.05, 4.69) is 45.6 Å². The van der Waals surface area contributed by atoms with E-state index in [0.29, 0.717) is 5.92 Å². The second kappa shape index (κ2) is 4.83. The Labute approximate surface area is 126 Å². The summed E-state index contributed by atoms with van der Waals surface area (Å²) in [5.41, 5.74) is 1.15. The maximum absolute atomic E-state index is 4.81. The number of thiazole rings is 1. The minimum atomic E-state index is 0.690. The molecule has 0 amide bonds. The minimum absolute atomic E-state index is 0.690. The van der Waals surface area contributed by atoms with Gasteiger partial charge in [0.05, 0.1) is 15.2 Å². The Kier molecular flexibility index (Phi) is 3.13. The monoisotopic (exact) mass is 335 g/mol. The minimum Gasteiger partial charge on any atom is -0.296 e. The average Bonchev–Trinajstić information content (AvgIpc) is 2.95. The molecule has 19 heavy (non-hydrogen) atoms. The van der Waals surface area contributed by atoms with Gasteiger partial charge in [0.2, 0.25) is 0 Å². The van der Waals surface area contributed by atoms with Crippen LogP contribution in [-0.2, 0) is 0 Å². The Hall–Kier alpha value is -0.450. The van der Waals surface area contributed by atoms with Crippen LogP contribution in [0.4, 0.5) is 0 Å². The largest absolute Gasteiger partial charge is 0.296 e. The summed E-state index contributed by atoms with van der Waals surface area (Å²) in [5, 5.41) is 1.34. The van der Waals surface area contributed by atoms with Crippen LogP contribution < -0.4 is 0 Å². The van der Waals surface area contributed by atoms with E-state index in [9.17, 15) is 0 Å². The SMILES string of the molecule is Brc1ccc2nc(C3CC(N4[CH]CCC4)C3)sc2c1. The van der Waals surface area contributed by atoms with Gasteiger partial charge in [-0.25, -0.2) is 4.98 Å². The van der Waals surface area contributed by atoms with Gasteiger partial charge in [-0.2, -0.15) is 0 Å². The number of aromatic nitrogens is 1. The Morgan fingerprint density at radius 3 is 3.00 bits per heavy atom. The number of fused-ring (bicyclic) bond motifs is 1. The van der Waals surface area contributed by atoms with Crippen molar-refractivity contribution in [2.75, 3.05) is 6.54 Å². The lowest BCUT2D eigenvalue weighted by Gasteiger charge is -2.40. The molecule has 0 N–H and O–H groups in total. The molecule has 4 heteroatoms. The van der Waals surface area contributed by atoms with Gasteiger partial charge in [0, 0.05) is 23.0 Å². The molecule has 1 saturated carbocycles. The number of hydrogen-bond acceptors (Lipinski definition) is 3. The molecule has 4 rings (SSSR count). The van der Waals surface area contributed by atoms with E-state index >= 15 is 0 Å². The van der Waals surface area contributed by atoms with Crippen LogP contribution in [0.15, 0.2) is 22.7 Å². The Morgan fingerprint density at radius 1 is 1.32 bits per heavy atom. The maximum atomic E-state index is 4.81. The summed E-state index contributed by atoms with van der Waals surface area (Å²) < 4.78 is 2.45. The van der Waals surface area contributed by atoms with Crippen LogP contribution in [-0.4, -0.2) is 22.5 Å². The van der Waals surface area contributed by atoms with E-state index in [1.807, 2.05) is 11.3 Å². The Morgan fingerprint density at radius 2 is 2.21 bits per heavy atom. The summed E-state index contributed by atoms with van der Waals surface area (Å²) in [6, 6.07) is 7.16. The zero-order chi connectivity index (χ0) is 12.8. The zero-order valence-corrected chi connectivity index (χ0v) is 13.1. The van der Waals surface area contributed by atoms with Gasteiger partial charge in [-0.1, -0.05) is 15.9 Å². The second-order valence-corrected chi connectivity index (χ2v) is 7.53. The second-order valence-electron chi connectivity index (χ2n) is 5.55. The van der Waals surface area contributed by atoms with Gasteiger partial charge >= 0.3 is 0 Å². The Balaban J connectivity index is 1.50. The van der Waals surface area contributed by atoms with Crippen molar-refractivity contribution in [3.05, 3.63) is 34.2 Å². The third-order valence-corrected chi connectivity index (χ3v) is 5.96. The first-order valence-electron chi connectivity index (χ1n) is 6.95. The molecule has 1 radical (unpaired) electrons. The normalized spacial score (nSPS) is 27.8. The van der Waals surface area contributed by atoms with E-state index in [1.165, 1.54) is 41.9 Å². The van der Waals surface area contributed by atoms with Crippen molar-refractivity contribution < 1.29 is 0 Å². The maximum Gasteiger partial charge on any atom is 0.0970 e. The van der Waals surface area contributed by atoms with E-state index in [1.54, 1.807) is 0 Å². The fraction of sp³-hybridized carbons (Fsp3) is 0.467. The molecule has 2 aromatic rings. The van der Waals surface area contributed by atoms with Crippen molar-refractivity contribution in [1.82, 2.24) is 9.88 Å². The van der Waals surface area contributed by atoms with E-state index in [0.717, 1.165) is 16.0 Å². The van der Waals surface area contributed by atoms with Crippen molar-refractivity contribution in [2.45, 2.75) is 37.6 Å². The Bertz CT molecular complexity index is 597. The summed E-state index contributed by atoms with van der Waals surface area (Å²) in [5.74, 6) is 0.690. The molecule has 1 aliphatic heterocycles. The first-order chi connectivity index (χ1) is 9.29. The van der Waals surface area contributed by atoms with Gasteiger partial charge in [0.25, 0.3) is 0 Å². The summed E-state index contributed by atoms with van der Waals surface area (Å²) in [6.07, 6.45) is 5.20. The highest BCUT2D eigenvalue weighted by molar-refractivity contribution is 9.10. The predicted octanol–water partition coefficient (Wildman–Crippen LogP) is 4.56. The molecule has 0 unspecified atom stereocenters. The highest BCUT2D eigenvalue weighted by Crippen LogP contribution is 2.44. The molecule has 2 heterocycles. The number of halogens is 1. The van der Waals surface area contributed by atoms with Gasteiger partial charge < -0.3 is 0 Å². The molecule has 2 fully saturated rings. The van der Waals surface area contributed by atoms with Gasteiger partial charge in [0.1, 0.15) is 0 Å². The number of benzene rings is 1. The molecular formula is C15H16BrN2S. The van der Waals surface area contributed by atoms with Crippen LogP contribution in [0.5, 0.6) is 0 Å². The number of likely N-dealkylation sites (tertiary alicyclic amines) is 1. The van der Waals surface area contributed by atoms with Crippen molar-refractivity contribution in [2.24, 2.45) is 0 Å². The quantitative estimate of drug-likeness (QED) is 0.799. The van der Waals surface area contributed by atoms with Crippen LogP contribution >= 0.6 is 27.3 Å². The summed E-state index contributed by atoms with van der Waals surface area (Å²) in [6.45, 7) is 3.67. The smallest absolute Gasteiger partial charge is 0.0970 e. The molecular weight excluding hydrogens is 320 g/mol. The molecule has 2 nitrogen and oxygen atoms in total. The lowest BCUT2D eigenvalue weighted by Crippen LogP contribution is -2.40. The average molecular weight is 336 g/mol.